The predicted octanol–water partition coefficient (Wildman–Crippen LogP) is 2.78. The van der Waals surface area contributed by atoms with E-state index < -0.39 is 0 Å². The summed E-state index contributed by atoms with van der Waals surface area (Å²) in [6.07, 6.45) is 13.1. The molecule has 5 nitrogen and oxygen atoms in total. The van der Waals surface area contributed by atoms with E-state index in [0.29, 0.717) is 6.54 Å². The fraction of sp³-hybridized carbons (Fsp3) is 0.571. The molecule has 0 N–H and O–H groups in total. The maximum atomic E-state index is 13.2. The maximum Gasteiger partial charge on any atom is 0.229 e. The number of carbonyl (C=O) groups is 2. The Balaban J connectivity index is 1.40. The van der Waals surface area contributed by atoms with E-state index in [1.54, 1.807) is 6.20 Å². The van der Waals surface area contributed by atoms with Gasteiger partial charge in [-0.15, -0.1) is 0 Å². The molecule has 1 spiro atoms. The Labute approximate surface area is 155 Å². The first-order valence-corrected chi connectivity index (χ1v) is 9.80. The van der Waals surface area contributed by atoms with Gasteiger partial charge in [-0.05, 0) is 50.2 Å². The molecule has 2 amide bonds. The summed E-state index contributed by atoms with van der Waals surface area (Å²) in [5, 5.41) is 0. The third kappa shape index (κ3) is 3.27. The van der Waals surface area contributed by atoms with Crippen LogP contribution < -0.4 is 0 Å². The summed E-state index contributed by atoms with van der Waals surface area (Å²) in [6.45, 7) is 2.98. The van der Waals surface area contributed by atoms with Gasteiger partial charge in [0, 0.05) is 44.5 Å². The van der Waals surface area contributed by atoms with Gasteiger partial charge in [-0.25, -0.2) is 0 Å². The van der Waals surface area contributed by atoms with Crippen LogP contribution in [-0.2, 0) is 16.1 Å². The second-order valence-electron chi connectivity index (χ2n) is 7.94. The Hall–Kier alpha value is -2.17. The molecule has 0 bridgehead atoms. The number of amides is 2. The van der Waals surface area contributed by atoms with Crippen LogP contribution in [0.4, 0.5) is 0 Å². The molecule has 0 aromatic carbocycles. The highest BCUT2D eigenvalue weighted by Crippen LogP contribution is 2.42. The lowest BCUT2D eigenvalue weighted by Crippen LogP contribution is -2.38. The third-order valence-corrected chi connectivity index (χ3v) is 6.31. The normalized spacial score (nSPS) is 26.7. The van der Waals surface area contributed by atoms with Crippen molar-refractivity contribution < 1.29 is 9.59 Å². The number of nitrogens with zero attached hydrogens (tertiary/aromatic N) is 3. The molecule has 0 radical (unpaired) electrons. The van der Waals surface area contributed by atoms with E-state index >= 15 is 0 Å². The van der Waals surface area contributed by atoms with E-state index in [-0.39, 0.29) is 23.1 Å². The maximum absolute atomic E-state index is 13.2. The van der Waals surface area contributed by atoms with E-state index in [1.807, 2.05) is 28.1 Å². The van der Waals surface area contributed by atoms with Gasteiger partial charge in [-0.1, -0.05) is 18.2 Å². The van der Waals surface area contributed by atoms with Gasteiger partial charge in [0.15, 0.2) is 0 Å². The zero-order valence-corrected chi connectivity index (χ0v) is 15.3. The van der Waals surface area contributed by atoms with Gasteiger partial charge in [0.25, 0.3) is 0 Å². The number of pyridine rings is 1. The standard InChI is InChI=1S/C21H27N3O2/c25-19(18-6-1-2-7-18)23-12-4-8-21(9-13-23)10-14-24(20(21)26)16-17-5-3-11-22-15-17/h1-3,5,11,15,18H,4,6-10,12-14,16H2/t21-/m1/s1. The van der Waals surface area contributed by atoms with E-state index in [1.165, 1.54) is 0 Å². The zero-order valence-electron chi connectivity index (χ0n) is 15.3. The summed E-state index contributed by atoms with van der Waals surface area (Å²) >= 11 is 0. The average molecular weight is 353 g/mol. The molecule has 2 fully saturated rings. The Morgan fingerprint density at radius 1 is 1.15 bits per heavy atom. The van der Waals surface area contributed by atoms with Gasteiger partial charge in [-0.2, -0.15) is 0 Å². The van der Waals surface area contributed by atoms with E-state index in [4.69, 9.17) is 0 Å². The lowest BCUT2D eigenvalue weighted by atomic mass is 9.79. The van der Waals surface area contributed by atoms with E-state index in [9.17, 15) is 9.59 Å². The Kier molecular flexibility index (Phi) is 4.79. The fourth-order valence-electron chi connectivity index (χ4n) is 4.71. The quantitative estimate of drug-likeness (QED) is 0.785. The first-order chi connectivity index (χ1) is 12.7. The lowest BCUT2D eigenvalue weighted by molar-refractivity contribution is -0.138. The van der Waals surface area contributed by atoms with Crippen molar-refractivity contribution in [2.75, 3.05) is 19.6 Å². The summed E-state index contributed by atoms with van der Waals surface area (Å²) in [5.74, 6) is 0.688. The molecule has 1 aromatic rings. The first kappa shape index (κ1) is 17.3. The molecule has 26 heavy (non-hydrogen) atoms. The minimum Gasteiger partial charge on any atom is -0.342 e. The van der Waals surface area contributed by atoms with Crippen molar-refractivity contribution in [1.82, 2.24) is 14.8 Å². The monoisotopic (exact) mass is 353 g/mol. The molecule has 0 saturated carbocycles. The van der Waals surface area contributed by atoms with Crippen molar-refractivity contribution in [3.8, 4) is 0 Å². The molecule has 1 aromatic heterocycles. The Morgan fingerprint density at radius 2 is 1.96 bits per heavy atom. The molecule has 2 saturated heterocycles. The molecule has 4 rings (SSSR count). The third-order valence-electron chi connectivity index (χ3n) is 6.31. The second kappa shape index (κ2) is 7.22. The highest BCUT2D eigenvalue weighted by atomic mass is 16.2. The van der Waals surface area contributed by atoms with Crippen LogP contribution in [0.15, 0.2) is 36.7 Å². The lowest BCUT2D eigenvalue weighted by Gasteiger charge is -2.27. The van der Waals surface area contributed by atoms with Crippen LogP contribution in [0.5, 0.6) is 0 Å². The molecule has 138 valence electrons. The van der Waals surface area contributed by atoms with Crippen molar-refractivity contribution >= 4 is 11.8 Å². The van der Waals surface area contributed by atoms with Gasteiger partial charge >= 0.3 is 0 Å². The number of allylic oxidation sites excluding steroid dienone is 2. The van der Waals surface area contributed by atoms with E-state index in [0.717, 1.165) is 63.7 Å². The van der Waals surface area contributed by atoms with Crippen molar-refractivity contribution in [3.05, 3.63) is 42.2 Å². The van der Waals surface area contributed by atoms with Gasteiger partial charge in [0.1, 0.15) is 0 Å². The van der Waals surface area contributed by atoms with Crippen molar-refractivity contribution in [3.63, 3.8) is 0 Å². The van der Waals surface area contributed by atoms with Crippen molar-refractivity contribution in [2.45, 2.75) is 45.1 Å². The number of aromatic nitrogens is 1. The van der Waals surface area contributed by atoms with Gasteiger partial charge in [0.05, 0.1) is 5.41 Å². The minimum atomic E-state index is -0.259. The van der Waals surface area contributed by atoms with Crippen LogP contribution in [0.3, 0.4) is 0 Å². The zero-order chi connectivity index (χ0) is 18.0. The summed E-state index contributed by atoms with van der Waals surface area (Å²) < 4.78 is 0. The number of rotatable bonds is 3. The number of hydrogen-bond donors (Lipinski definition) is 0. The van der Waals surface area contributed by atoms with Crippen LogP contribution in [0.25, 0.3) is 0 Å². The van der Waals surface area contributed by atoms with Crippen molar-refractivity contribution in [1.29, 1.82) is 0 Å². The molecular formula is C21H27N3O2. The highest BCUT2D eigenvalue weighted by Gasteiger charge is 2.47. The van der Waals surface area contributed by atoms with Gasteiger partial charge in [-0.3, -0.25) is 14.6 Å². The Morgan fingerprint density at radius 3 is 2.73 bits per heavy atom. The Bertz CT molecular complexity index is 694. The molecule has 3 aliphatic rings. The average Bonchev–Trinajstić information content (AvgIpc) is 3.23. The molecule has 5 heteroatoms. The highest BCUT2D eigenvalue weighted by molar-refractivity contribution is 5.85. The minimum absolute atomic E-state index is 0.130. The number of hydrogen-bond acceptors (Lipinski definition) is 3. The smallest absolute Gasteiger partial charge is 0.229 e. The summed E-state index contributed by atoms with van der Waals surface area (Å²) in [6, 6.07) is 3.94. The van der Waals surface area contributed by atoms with Gasteiger partial charge in [0.2, 0.25) is 11.8 Å². The summed E-state index contributed by atoms with van der Waals surface area (Å²) in [5.41, 5.74) is 0.822. The largest absolute Gasteiger partial charge is 0.342 e. The predicted molar refractivity (Wildman–Crippen MR) is 99.0 cm³/mol. The molecule has 0 unspecified atom stereocenters. The van der Waals surface area contributed by atoms with Crippen LogP contribution in [0.1, 0.15) is 44.1 Å². The fourth-order valence-corrected chi connectivity index (χ4v) is 4.71. The van der Waals surface area contributed by atoms with Crippen molar-refractivity contribution in [2.24, 2.45) is 11.3 Å². The van der Waals surface area contributed by atoms with Crippen LogP contribution >= 0.6 is 0 Å². The molecule has 3 heterocycles. The van der Waals surface area contributed by atoms with Crippen LogP contribution in [0, 0.1) is 11.3 Å². The van der Waals surface area contributed by atoms with Crippen LogP contribution in [-0.4, -0.2) is 46.2 Å². The SMILES string of the molecule is O=C(C1CC=CC1)N1CCC[C@@]2(CC1)CCN(Cc1cccnc1)C2=O. The number of carbonyl (C=O) groups excluding carboxylic acids is 2. The van der Waals surface area contributed by atoms with Crippen LogP contribution in [0.2, 0.25) is 0 Å². The molecular weight excluding hydrogens is 326 g/mol. The summed E-state index contributed by atoms with van der Waals surface area (Å²) in [7, 11) is 0. The molecule has 1 atom stereocenters. The van der Waals surface area contributed by atoms with Gasteiger partial charge < -0.3 is 9.80 Å². The molecule has 1 aliphatic carbocycles. The number of likely N-dealkylation sites (tertiary alicyclic amines) is 2. The molecule has 2 aliphatic heterocycles. The van der Waals surface area contributed by atoms with E-state index in [2.05, 4.69) is 17.1 Å². The topological polar surface area (TPSA) is 53.5 Å². The first-order valence-electron chi connectivity index (χ1n) is 9.80. The second-order valence-corrected chi connectivity index (χ2v) is 7.94. The summed E-state index contributed by atoms with van der Waals surface area (Å²) in [4.78, 5) is 34.0.